The van der Waals surface area contributed by atoms with Crippen molar-refractivity contribution < 1.29 is 19.5 Å². The van der Waals surface area contributed by atoms with Crippen molar-refractivity contribution in [3.05, 3.63) is 63.7 Å². The molecule has 1 atom stereocenters. The topological polar surface area (TPSA) is 81.8 Å². The van der Waals surface area contributed by atoms with Crippen molar-refractivity contribution in [1.29, 1.82) is 0 Å². The summed E-state index contributed by atoms with van der Waals surface area (Å²) in [5.41, 5.74) is -0.208. The Hall–Kier alpha value is -2.31. The number of nitro benzene ring substituents is 1. The number of halogens is 1. The first kappa shape index (κ1) is 16.1. The average molecular weight is 324 g/mol. The highest BCUT2D eigenvalue weighted by molar-refractivity contribution is 6.30. The molecule has 2 aromatic rings. The lowest BCUT2D eigenvalue weighted by molar-refractivity contribution is -0.385. The van der Waals surface area contributed by atoms with E-state index in [2.05, 4.69) is 0 Å². The molecular weight excluding hydrogens is 310 g/mol. The molecule has 0 aliphatic heterocycles. The number of nitrogens with zero attached hydrogens (tertiary/aromatic N) is 1. The van der Waals surface area contributed by atoms with E-state index in [0.29, 0.717) is 10.8 Å². The van der Waals surface area contributed by atoms with Crippen LogP contribution in [0.3, 0.4) is 0 Å². The third kappa shape index (κ3) is 4.61. The summed E-state index contributed by atoms with van der Waals surface area (Å²) >= 11 is 5.79. The van der Waals surface area contributed by atoms with E-state index < -0.39 is 11.0 Å². The quantitative estimate of drug-likeness (QED) is 0.625. The van der Waals surface area contributed by atoms with Gasteiger partial charge in [0.1, 0.15) is 25.1 Å². The number of benzene rings is 2. The maximum Gasteiger partial charge on any atom is 0.311 e. The van der Waals surface area contributed by atoms with Gasteiger partial charge in [-0.05, 0) is 18.2 Å². The maximum atomic E-state index is 10.9. The Morgan fingerprint density at radius 2 is 1.82 bits per heavy atom. The molecule has 0 fully saturated rings. The highest BCUT2D eigenvalue weighted by atomic mass is 35.5. The fraction of sp³-hybridized carbons (Fsp3) is 0.200. The molecule has 0 bridgehead atoms. The van der Waals surface area contributed by atoms with Gasteiger partial charge in [0, 0.05) is 17.2 Å². The molecule has 0 amide bonds. The van der Waals surface area contributed by atoms with Gasteiger partial charge in [-0.2, -0.15) is 0 Å². The number of aliphatic hydroxyl groups excluding tert-OH is 1. The van der Waals surface area contributed by atoms with Gasteiger partial charge in [-0.1, -0.05) is 29.8 Å². The summed E-state index contributed by atoms with van der Waals surface area (Å²) in [7, 11) is 0. The standard InChI is InChI=1S/C15H14ClNO5/c16-11-6-7-14(17(19)20)15(8-11)22-10-12(18)9-21-13-4-2-1-3-5-13/h1-8,12,18H,9-10H2. The Bertz CT molecular complexity index is 635. The summed E-state index contributed by atoms with van der Waals surface area (Å²) in [6.07, 6.45) is -0.932. The molecule has 7 heteroatoms. The summed E-state index contributed by atoms with van der Waals surface area (Å²) in [5, 5.41) is 21.0. The smallest absolute Gasteiger partial charge is 0.311 e. The molecule has 116 valence electrons. The summed E-state index contributed by atoms with van der Waals surface area (Å²) in [4.78, 5) is 10.3. The van der Waals surface area contributed by atoms with E-state index in [0.717, 1.165) is 0 Å². The Morgan fingerprint density at radius 3 is 2.50 bits per heavy atom. The number of aliphatic hydroxyl groups is 1. The number of para-hydroxylation sites is 1. The lowest BCUT2D eigenvalue weighted by atomic mass is 10.3. The Labute approximate surface area is 132 Å². The van der Waals surface area contributed by atoms with Crippen LogP contribution in [0.15, 0.2) is 48.5 Å². The minimum absolute atomic E-state index is 0.0104. The van der Waals surface area contributed by atoms with Gasteiger partial charge in [-0.15, -0.1) is 0 Å². The predicted molar refractivity (Wildman–Crippen MR) is 81.5 cm³/mol. The van der Waals surface area contributed by atoms with Gasteiger partial charge >= 0.3 is 5.69 Å². The zero-order valence-corrected chi connectivity index (χ0v) is 12.3. The van der Waals surface area contributed by atoms with Gasteiger partial charge in [0.25, 0.3) is 0 Å². The van der Waals surface area contributed by atoms with Crippen LogP contribution in [0.25, 0.3) is 0 Å². The molecule has 2 aromatic carbocycles. The second-order valence-electron chi connectivity index (χ2n) is 4.46. The van der Waals surface area contributed by atoms with E-state index in [-0.39, 0.29) is 24.7 Å². The number of nitro groups is 1. The average Bonchev–Trinajstić information content (AvgIpc) is 2.51. The minimum Gasteiger partial charge on any atom is -0.491 e. The highest BCUT2D eigenvalue weighted by Gasteiger charge is 2.17. The van der Waals surface area contributed by atoms with Crippen molar-refractivity contribution in [1.82, 2.24) is 0 Å². The van der Waals surface area contributed by atoms with Crippen LogP contribution < -0.4 is 9.47 Å². The van der Waals surface area contributed by atoms with Crippen LogP contribution in [0.1, 0.15) is 0 Å². The van der Waals surface area contributed by atoms with Crippen molar-refractivity contribution in [3.8, 4) is 11.5 Å². The zero-order valence-electron chi connectivity index (χ0n) is 11.5. The molecule has 0 saturated carbocycles. The van der Waals surface area contributed by atoms with Crippen LogP contribution in [-0.4, -0.2) is 29.3 Å². The summed E-state index contributed by atoms with van der Waals surface area (Å²) < 4.78 is 10.6. The first-order valence-electron chi connectivity index (χ1n) is 6.49. The van der Waals surface area contributed by atoms with Crippen LogP contribution >= 0.6 is 11.6 Å². The monoisotopic (exact) mass is 323 g/mol. The number of rotatable bonds is 7. The van der Waals surface area contributed by atoms with Gasteiger partial charge in [0.2, 0.25) is 0 Å². The fourth-order valence-electron chi connectivity index (χ4n) is 1.70. The molecule has 0 aromatic heterocycles. The predicted octanol–water partition coefficient (Wildman–Crippen LogP) is 3.07. The minimum atomic E-state index is -0.932. The Balaban J connectivity index is 1.89. The highest BCUT2D eigenvalue weighted by Crippen LogP contribution is 2.29. The first-order chi connectivity index (χ1) is 10.6. The van der Waals surface area contributed by atoms with E-state index in [1.54, 1.807) is 12.1 Å². The van der Waals surface area contributed by atoms with Crippen molar-refractivity contribution in [2.24, 2.45) is 0 Å². The normalized spacial score (nSPS) is 11.7. The summed E-state index contributed by atoms with van der Waals surface area (Å²) in [5.74, 6) is 0.631. The number of hydrogen-bond donors (Lipinski definition) is 1. The van der Waals surface area contributed by atoms with E-state index in [1.807, 2.05) is 18.2 Å². The van der Waals surface area contributed by atoms with Crippen LogP contribution in [-0.2, 0) is 0 Å². The summed E-state index contributed by atoms with van der Waals surface area (Å²) in [6.45, 7) is -0.133. The molecule has 22 heavy (non-hydrogen) atoms. The third-order valence-corrected chi connectivity index (χ3v) is 2.97. The van der Waals surface area contributed by atoms with Crippen LogP contribution in [0.4, 0.5) is 5.69 Å². The van der Waals surface area contributed by atoms with Gasteiger partial charge in [0.15, 0.2) is 5.75 Å². The van der Waals surface area contributed by atoms with Crippen LogP contribution in [0.2, 0.25) is 5.02 Å². The molecule has 0 aliphatic rings. The molecule has 1 unspecified atom stereocenters. The second-order valence-corrected chi connectivity index (χ2v) is 4.89. The zero-order chi connectivity index (χ0) is 15.9. The Kier molecular flexibility index (Phi) is 5.57. The molecule has 0 heterocycles. The first-order valence-corrected chi connectivity index (χ1v) is 6.86. The molecular formula is C15H14ClNO5. The van der Waals surface area contributed by atoms with Crippen molar-refractivity contribution in [3.63, 3.8) is 0 Å². The van der Waals surface area contributed by atoms with E-state index in [1.165, 1.54) is 18.2 Å². The van der Waals surface area contributed by atoms with Crippen molar-refractivity contribution >= 4 is 17.3 Å². The Morgan fingerprint density at radius 1 is 1.14 bits per heavy atom. The lowest BCUT2D eigenvalue weighted by Crippen LogP contribution is -2.25. The SMILES string of the molecule is O=[N+]([O-])c1ccc(Cl)cc1OCC(O)COc1ccccc1. The van der Waals surface area contributed by atoms with E-state index >= 15 is 0 Å². The van der Waals surface area contributed by atoms with Crippen molar-refractivity contribution in [2.75, 3.05) is 13.2 Å². The van der Waals surface area contributed by atoms with E-state index in [9.17, 15) is 15.2 Å². The molecule has 2 rings (SSSR count). The summed E-state index contributed by atoms with van der Waals surface area (Å²) in [6, 6.07) is 13.0. The van der Waals surface area contributed by atoms with Gasteiger partial charge in [-0.3, -0.25) is 10.1 Å². The van der Waals surface area contributed by atoms with Crippen LogP contribution in [0, 0.1) is 10.1 Å². The van der Waals surface area contributed by atoms with E-state index in [4.69, 9.17) is 21.1 Å². The van der Waals surface area contributed by atoms with Crippen LogP contribution in [0.5, 0.6) is 11.5 Å². The molecule has 0 aliphatic carbocycles. The second kappa shape index (κ2) is 7.63. The lowest BCUT2D eigenvalue weighted by Gasteiger charge is -2.13. The van der Waals surface area contributed by atoms with Crippen molar-refractivity contribution in [2.45, 2.75) is 6.10 Å². The van der Waals surface area contributed by atoms with Gasteiger partial charge < -0.3 is 14.6 Å². The molecule has 1 N–H and O–H groups in total. The van der Waals surface area contributed by atoms with Gasteiger partial charge in [0.05, 0.1) is 4.92 Å². The molecule has 0 spiro atoms. The molecule has 6 nitrogen and oxygen atoms in total. The largest absolute Gasteiger partial charge is 0.491 e. The number of ether oxygens (including phenoxy) is 2. The van der Waals surface area contributed by atoms with Gasteiger partial charge in [-0.25, -0.2) is 0 Å². The number of hydrogen-bond acceptors (Lipinski definition) is 5. The fourth-order valence-corrected chi connectivity index (χ4v) is 1.86. The molecule has 0 saturated heterocycles. The third-order valence-electron chi connectivity index (χ3n) is 2.74. The maximum absolute atomic E-state index is 10.9. The molecule has 0 radical (unpaired) electrons.